The summed E-state index contributed by atoms with van der Waals surface area (Å²) in [6.07, 6.45) is 3.70. The number of anilines is 2. The van der Waals surface area contributed by atoms with E-state index in [4.69, 9.17) is 0 Å². The van der Waals surface area contributed by atoms with Crippen molar-refractivity contribution in [3.05, 3.63) is 64.7 Å². The minimum atomic E-state index is -4.36. The molecule has 2 heterocycles. The molecule has 6 rings (SSSR count). The van der Waals surface area contributed by atoms with E-state index in [1.165, 1.54) is 31.3 Å². The van der Waals surface area contributed by atoms with Crippen LogP contribution in [-0.2, 0) is 31.4 Å². The maximum absolute atomic E-state index is 14.0. The van der Waals surface area contributed by atoms with Crippen molar-refractivity contribution in [2.75, 3.05) is 22.9 Å². The molecule has 2 aliphatic heterocycles. The predicted molar refractivity (Wildman–Crippen MR) is 147 cm³/mol. The van der Waals surface area contributed by atoms with Crippen LogP contribution in [0.25, 0.3) is 0 Å². The van der Waals surface area contributed by atoms with Crippen molar-refractivity contribution in [1.29, 1.82) is 0 Å². The number of hydrogen-bond acceptors (Lipinski definition) is 7. The van der Waals surface area contributed by atoms with E-state index in [9.17, 15) is 31.1 Å². The number of benzene rings is 2. The van der Waals surface area contributed by atoms with Crippen molar-refractivity contribution in [3.63, 3.8) is 0 Å². The molecule has 40 heavy (non-hydrogen) atoms. The number of aryl methyl sites for hydroxylation is 1. The highest BCUT2D eigenvalue weighted by atomic mass is 32.2. The number of hydrogen-bond donors (Lipinski definition) is 2. The van der Waals surface area contributed by atoms with Crippen molar-refractivity contribution in [1.82, 2.24) is 4.90 Å². The number of rotatable bonds is 5. The molecule has 13 heteroatoms. The molecule has 2 saturated carbocycles. The normalized spacial score (nSPS) is 26.8. The van der Waals surface area contributed by atoms with Crippen LogP contribution < -0.4 is 9.62 Å². The Bertz CT molecular complexity index is 1740. The zero-order valence-corrected chi connectivity index (χ0v) is 23.8. The molecule has 212 valence electrons. The molecular formula is C27H29FN4O6S2. The van der Waals surface area contributed by atoms with Crippen LogP contribution in [0.1, 0.15) is 30.4 Å². The van der Waals surface area contributed by atoms with E-state index in [0.717, 1.165) is 35.4 Å². The van der Waals surface area contributed by atoms with Gasteiger partial charge in [-0.05, 0) is 73.4 Å². The molecular weight excluding hydrogens is 559 g/mol. The number of amidine groups is 1. The monoisotopic (exact) mass is 588 g/mol. The number of sulfonamides is 2. The molecule has 2 N–H and O–H groups in total. The minimum Gasteiger partial charge on any atom is -0.511 e. The van der Waals surface area contributed by atoms with Crippen molar-refractivity contribution in [2.24, 2.45) is 22.2 Å². The van der Waals surface area contributed by atoms with E-state index in [1.807, 2.05) is 0 Å². The van der Waals surface area contributed by atoms with Crippen LogP contribution in [0.3, 0.4) is 0 Å². The van der Waals surface area contributed by atoms with Crippen LogP contribution in [0.15, 0.2) is 57.0 Å². The van der Waals surface area contributed by atoms with Crippen LogP contribution in [-0.4, -0.2) is 57.9 Å². The first-order chi connectivity index (χ1) is 18.8. The summed E-state index contributed by atoms with van der Waals surface area (Å²) in [5.41, 5.74) is 1.23. The first kappa shape index (κ1) is 26.8. The van der Waals surface area contributed by atoms with Gasteiger partial charge in [-0.1, -0.05) is 12.1 Å². The second kappa shape index (κ2) is 9.03. The number of carbonyl (C=O) groups excluding carboxylic acids is 1. The number of aliphatic hydroxyl groups excluding tert-OH is 1. The number of aliphatic hydroxyl groups is 1. The summed E-state index contributed by atoms with van der Waals surface area (Å²) in [7, 11) is -6.70. The van der Waals surface area contributed by atoms with Crippen molar-refractivity contribution >= 4 is 43.2 Å². The molecule has 0 spiro atoms. The summed E-state index contributed by atoms with van der Waals surface area (Å²) in [5, 5.41) is 14.4. The van der Waals surface area contributed by atoms with Gasteiger partial charge in [0.25, 0.3) is 15.9 Å². The molecule has 0 radical (unpaired) electrons. The maximum Gasteiger partial charge on any atom is 0.286 e. The number of nitrogens with one attached hydrogen (secondary N) is 1. The molecule has 0 unspecified atom stereocenters. The fraction of sp³-hybridized carbons (Fsp3) is 0.407. The Morgan fingerprint density at radius 3 is 2.60 bits per heavy atom. The highest BCUT2D eigenvalue weighted by Gasteiger charge is 2.57. The van der Waals surface area contributed by atoms with Gasteiger partial charge in [0.15, 0.2) is 5.84 Å². The van der Waals surface area contributed by atoms with Crippen LogP contribution in [0, 0.1) is 30.5 Å². The average Bonchev–Trinajstić information content (AvgIpc) is 3.50. The van der Waals surface area contributed by atoms with Crippen molar-refractivity contribution < 1.29 is 31.1 Å². The van der Waals surface area contributed by atoms with E-state index in [1.54, 1.807) is 24.0 Å². The molecule has 0 saturated heterocycles. The van der Waals surface area contributed by atoms with Gasteiger partial charge >= 0.3 is 0 Å². The molecule has 2 aromatic rings. The first-order valence-electron chi connectivity index (χ1n) is 13.0. The van der Waals surface area contributed by atoms with Crippen molar-refractivity contribution in [3.8, 4) is 0 Å². The molecule has 2 fully saturated rings. The molecule has 2 bridgehead atoms. The number of halogens is 1. The van der Waals surface area contributed by atoms with Gasteiger partial charge in [0.05, 0.1) is 17.6 Å². The Labute approximate surface area is 232 Å². The number of amides is 1. The van der Waals surface area contributed by atoms with E-state index < -0.39 is 26.0 Å². The number of carbonyl (C=O) groups is 1. The number of nitrogens with zero attached hydrogens (tertiary/aromatic N) is 3. The Balaban J connectivity index is 1.41. The minimum absolute atomic E-state index is 0.111. The Morgan fingerprint density at radius 2 is 1.90 bits per heavy atom. The topological polar surface area (TPSA) is 136 Å². The van der Waals surface area contributed by atoms with Crippen LogP contribution in [0.2, 0.25) is 0 Å². The largest absolute Gasteiger partial charge is 0.511 e. The lowest BCUT2D eigenvalue weighted by molar-refractivity contribution is -0.134. The van der Waals surface area contributed by atoms with Crippen LogP contribution >= 0.6 is 0 Å². The predicted octanol–water partition coefficient (Wildman–Crippen LogP) is 3.31. The van der Waals surface area contributed by atoms with E-state index >= 15 is 0 Å². The molecule has 10 nitrogen and oxygen atoms in total. The Kier molecular flexibility index (Phi) is 6.04. The maximum atomic E-state index is 14.0. The number of fused-ring (bicyclic) bond motifs is 6. The Hall–Kier alpha value is -3.45. The molecule has 2 aliphatic carbocycles. The Morgan fingerprint density at radius 1 is 1.18 bits per heavy atom. The standard InChI is InChI=1S/C27H29FN4O6S2/c1-14-10-15(4-8-19(14)28)13-32-24-17-6-5-16(11-17)22(24)25(33)23(27(32)34)26-29-20-9-7-18(31(2)39(3,35)36)12-21(20)40(37,38)30-26/h4,7-10,12,16-17,22,24,33H,5-6,11,13H2,1-3H3,(H,29,30)/t16-,17-,22+,24-/m0/s1. The van der Waals surface area contributed by atoms with E-state index in [0.29, 0.717) is 5.56 Å². The van der Waals surface area contributed by atoms with Gasteiger partial charge in [-0.3, -0.25) is 9.10 Å². The van der Waals surface area contributed by atoms with E-state index in [2.05, 4.69) is 9.71 Å². The molecule has 4 aliphatic rings. The smallest absolute Gasteiger partial charge is 0.286 e. The van der Waals surface area contributed by atoms with Gasteiger partial charge in [-0.25, -0.2) is 12.8 Å². The third-order valence-corrected chi connectivity index (χ3v) is 11.2. The van der Waals surface area contributed by atoms with Gasteiger partial charge in [0.2, 0.25) is 10.0 Å². The quantitative estimate of drug-likeness (QED) is 0.547. The zero-order chi connectivity index (χ0) is 28.7. The SMILES string of the molecule is Cc1cc(CN2C(=O)C(C3=NS(=O)(=O)c4cc(N(C)S(C)(=O)=O)ccc4N3)=C(O)[C@@H]3[C@H]4CC[C@@H](C4)[C@@H]32)ccc1F. The second-order valence-electron chi connectivity index (χ2n) is 11.1. The van der Waals surface area contributed by atoms with Crippen molar-refractivity contribution in [2.45, 2.75) is 43.7 Å². The van der Waals surface area contributed by atoms with Crippen LogP contribution in [0.4, 0.5) is 15.8 Å². The third-order valence-electron chi connectivity index (χ3n) is 8.66. The highest BCUT2D eigenvalue weighted by molar-refractivity contribution is 7.92. The van der Waals surface area contributed by atoms with Crippen LogP contribution in [0.5, 0.6) is 0 Å². The molecule has 4 atom stereocenters. The molecule has 1 amide bonds. The lowest BCUT2D eigenvalue weighted by atomic mass is 9.77. The summed E-state index contributed by atoms with van der Waals surface area (Å²) in [4.78, 5) is 15.5. The second-order valence-corrected chi connectivity index (χ2v) is 14.7. The van der Waals surface area contributed by atoms with Gasteiger partial charge in [-0.15, -0.1) is 4.40 Å². The van der Waals surface area contributed by atoms with Gasteiger partial charge in [-0.2, -0.15) is 8.42 Å². The zero-order valence-electron chi connectivity index (χ0n) is 22.1. The van der Waals surface area contributed by atoms with Gasteiger partial charge in [0, 0.05) is 25.6 Å². The summed E-state index contributed by atoms with van der Waals surface area (Å²) in [6.45, 7) is 1.83. The fourth-order valence-corrected chi connectivity index (χ4v) is 8.33. The summed E-state index contributed by atoms with van der Waals surface area (Å²) < 4.78 is 69.3. The fourth-order valence-electron chi connectivity index (χ4n) is 6.69. The summed E-state index contributed by atoms with van der Waals surface area (Å²) in [5.74, 6) is -1.33. The average molecular weight is 589 g/mol. The molecule has 2 aromatic carbocycles. The molecule has 0 aromatic heterocycles. The lowest BCUT2D eigenvalue weighted by Gasteiger charge is -2.44. The van der Waals surface area contributed by atoms with Gasteiger partial charge in [0.1, 0.15) is 22.0 Å². The lowest BCUT2D eigenvalue weighted by Crippen LogP contribution is -2.53. The van der Waals surface area contributed by atoms with Gasteiger partial charge < -0.3 is 15.3 Å². The van der Waals surface area contributed by atoms with E-state index in [-0.39, 0.29) is 69.6 Å². The first-order valence-corrected chi connectivity index (χ1v) is 16.2. The summed E-state index contributed by atoms with van der Waals surface area (Å²) >= 11 is 0. The highest BCUT2D eigenvalue weighted by Crippen LogP contribution is 2.55. The summed E-state index contributed by atoms with van der Waals surface area (Å²) in [6, 6.07) is 8.47. The third kappa shape index (κ3) is 4.17.